The minimum atomic E-state index is -0.322. The predicted octanol–water partition coefficient (Wildman–Crippen LogP) is 2.98. The van der Waals surface area contributed by atoms with Gasteiger partial charge in [-0.2, -0.15) is 5.10 Å². The normalized spacial score (nSPS) is 10.6. The van der Waals surface area contributed by atoms with Crippen molar-refractivity contribution in [3.8, 4) is 11.5 Å². The van der Waals surface area contributed by atoms with Crippen LogP contribution in [0.2, 0.25) is 0 Å². The molecule has 0 aliphatic heterocycles. The van der Waals surface area contributed by atoms with Crippen molar-refractivity contribution < 1.29 is 14.3 Å². The summed E-state index contributed by atoms with van der Waals surface area (Å²) in [5.41, 5.74) is 3.57. The van der Waals surface area contributed by atoms with Crippen molar-refractivity contribution in [1.29, 1.82) is 0 Å². The van der Waals surface area contributed by atoms with Crippen molar-refractivity contribution in [3.05, 3.63) is 46.2 Å². The molecule has 1 N–H and O–H groups in total. The minimum Gasteiger partial charge on any atom is -0.490 e. The van der Waals surface area contributed by atoms with Gasteiger partial charge in [-0.15, -0.1) is 11.3 Å². The summed E-state index contributed by atoms with van der Waals surface area (Å²) in [5, 5.41) is 5.90. The fourth-order valence-corrected chi connectivity index (χ4v) is 2.49. The van der Waals surface area contributed by atoms with Gasteiger partial charge in [0.05, 0.1) is 12.8 Å². The van der Waals surface area contributed by atoms with Crippen LogP contribution in [0.4, 0.5) is 0 Å². The summed E-state index contributed by atoms with van der Waals surface area (Å²) in [5.74, 6) is 0.838. The van der Waals surface area contributed by atoms with Gasteiger partial charge in [0.1, 0.15) is 0 Å². The maximum absolute atomic E-state index is 11.7. The van der Waals surface area contributed by atoms with E-state index in [-0.39, 0.29) is 12.5 Å². The molecular formula is C16H18N2O3S. The van der Waals surface area contributed by atoms with E-state index in [1.807, 2.05) is 37.4 Å². The molecule has 1 amide bonds. The number of para-hydroxylation sites is 2. The number of carbonyl (C=O) groups excluding carboxylic acids is 1. The van der Waals surface area contributed by atoms with Gasteiger partial charge in [0.2, 0.25) is 0 Å². The molecule has 1 aromatic heterocycles. The molecule has 1 heterocycles. The van der Waals surface area contributed by atoms with E-state index < -0.39 is 0 Å². The maximum atomic E-state index is 11.7. The highest BCUT2D eigenvalue weighted by molar-refractivity contribution is 7.11. The molecule has 2 rings (SSSR count). The Morgan fingerprint density at radius 1 is 1.27 bits per heavy atom. The van der Waals surface area contributed by atoms with Crippen molar-refractivity contribution in [3.63, 3.8) is 0 Å². The van der Waals surface area contributed by atoms with Crippen molar-refractivity contribution in [2.24, 2.45) is 5.10 Å². The van der Waals surface area contributed by atoms with E-state index in [9.17, 15) is 4.79 Å². The second-order valence-corrected chi connectivity index (χ2v) is 5.38. The summed E-state index contributed by atoms with van der Waals surface area (Å²) >= 11 is 1.57. The van der Waals surface area contributed by atoms with Crippen LogP contribution in [0.15, 0.2) is 40.8 Å². The summed E-state index contributed by atoms with van der Waals surface area (Å²) in [4.78, 5) is 12.7. The van der Waals surface area contributed by atoms with E-state index in [2.05, 4.69) is 10.5 Å². The smallest absolute Gasteiger partial charge is 0.277 e. The Bertz CT molecular complexity index is 652. The zero-order chi connectivity index (χ0) is 15.8. The van der Waals surface area contributed by atoms with E-state index in [0.29, 0.717) is 18.1 Å². The lowest BCUT2D eigenvalue weighted by Crippen LogP contribution is -2.24. The van der Waals surface area contributed by atoms with Crippen LogP contribution in [0, 0.1) is 6.92 Å². The molecule has 0 saturated heterocycles. The number of benzene rings is 1. The van der Waals surface area contributed by atoms with Gasteiger partial charge in [0.25, 0.3) is 5.91 Å². The molecule has 0 spiro atoms. The fourth-order valence-electron chi connectivity index (χ4n) is 1.70. The number of ether oxygens (including phenoxy) is 2. The molecule has 116 valence electrons. The Morgan fingerprint density at radius 3 is 2.64 bits per heavy atom. The lowest BCUT2D eigenvalue weighted by Gasteiger charge is -2.10. The van der Waals surface area contributed by atoms with Crippen LogP contribution in [-0.2, 0) is 4.79 Å². The van der Waals surface area contributed by atoms with Crippen LogP contribution < -0.4 is 14.9 Å². The Morgan fingerprint density at radius 2 is 2.00 bits per heavy atom. The van der Waals surface area contributed by atoms with Crippen molar-refractivity contribution in [2.75, 3.05) is 13.2 Å². The van der Waals surface area contributed by atoms with Crippen LogP contribution in [0.25, 0.3) is 0 Å². The molecule has 0 unspecified atom stereocenters. The number of nitrogens with one attached hydrogen (secondary N) is 1. The Labute approximate surface area is 133 Å². The van der Waals surface area contributed by atoms with Gasteiger partial charge in [0, 0.05) is 4.88 Å². The highest BCUT2D eigenvalue weighted by atomic mass is 32.1. The molecule has 0 saturated carbocycles. The summed E-state index contributed by atoms with van der Waals surface area (Å²) in [6, 6.07) is 9.24. The van der Waals surface area contributed by atoms with Crippen molar-refractivity contribution >= 4 is 23.5 Å². The van der Waals surface area contributed by atoms with Crippen LogP contribution >= 0.6 is 11.3 Å². The zero-order valence-electron chi connectivity index (χ0n) is 12.5. The molecule has 0 radical (unpaired) electrons. The maximum Gasteiger partial charge on any atom is 0.277 e. The zero-order valence-corrected chi connectivity index (χ0v) is 13.4. The molecule has 6 heteroatoms. The number of carbonyl (C=O) groups is 1. The summed E-state index contributed by atoms with van der Waals surface area (Å²) in [6.07, 6.45) is 1.63. The number of hydrogen-bond acceptors (Lipinski definition) is 5. The standard InChI is InChI=1S/C16H18N2O3S/c1-3-20-13-6-4-5-7-14(13)21-11-16(19)18-17-10-15-12(2)8-9-22-15/h4-10H,3,11H2,1-2H3,(H,18,19)/b17-10-. The van der Waals surface area contributed by atoms with Crippen LogP contribution in [0.3, 0.4) is 0 Å². The molecule has 0 fully saturated rings. The lowest BCUT2D eigenvalue weighted by molar-refractivity contribution is -0.123. The number of amides is 1. The highest BCUT2D eigenvalue weighted by Crippen LogP contribution is 2.26. The van der Waals surface area contributed by atoms with E-state index in [4.69, 9.17) is 9.47 Å². The van der Waals surface area contributed by atoms with Gasteiger partial charge in [0.15, 0.2) is 18.1 Å². The third kappa shape index (κ3) is 4.60. The summed E-state index contributed by atoms with van der Waals surface area (Å²) < 4.78 is 10.9. The summed E-state index contributed by atoms with van der Waals surface area (Å²) in [6.45, 7) is 4.31. The van der Waals surface area contributed by atoms with Gasteiger partial charge in [-0.1, -0.05) is 12.1 Å². The lowest BCUT2D eigenvalue weighted by atomic mass is 10.3. The molecule has 0 bridgehead atoms. The number of hydrogen-bond donors (Lipinski definition) is 1. The van der Waals surface area contributed by atoms with Crippen LogP contribution in [0.5, 0.6) is 11.5 Å². The van der Waals surface area contributed by atoms with Gasteiger partial charge < -0.3 is 9.47 Å². The topological polar surface area (TPSA) is 59.9 Å². The average Bonchev–Trinajstić information content (AvgIpc) is 2.92. The first kappa shape index (κ1) is 16.0. The molecule has 1 aromatic carbocycles. The number of hydrazone groups is 1. The van der Waals surface area contributed by atoms with E-state index in [1.54, 1.807) is 29.7 Å². The van der Waals surface area contributed by atoms with Crippen LogP contribution in [-0.4, -0.2) is 25.3 Å². The van der Waals surface area contributed by atoms with Gasteiger partial charge in [-0.05, 0) is 43.0 Å². The summed E-state index contributed by atoms with van der Waals surface area (Å²) in [7, 11) is 0. The fraction of sp³-hybridized carbons (Fsp3) is 0.250. The Balaban J connectivity index is 1.83. The number of rotatable bonds is 7. The van der Waals surface area contributed by atoms with Gasteiger partial charge in [-0.3, -0.25) is 4.79 Å². The monoisotopic (exact) mass is 318 g/mol. The second kappa shape index (κ2) is 8.19. The first-order valence-corrected chi connectivity index (χ1v) is 7.79. The van der Waals surface area contributed by atoms with E-state index in [1.165, 1.54) is 0 Å². The highest BCUT2D eigenvalue weighted by Gasteiger charge is 2.06. The van der Waals surface area contributed by atoms with Crippen molar-refractivity contribution in [2.45, 2.75) is 13.8 Å². The second-order valence-electron chi connectivity index (χ2n) is 4.43. The van der Waals surface area contributed by atoms with Crippen LogP contribution in [0.1, 0.15) is 17.4 Å². The SMILES string of the molecule is CCOc1ccccc1OCC(=O)N/N=C\c1sccc1C. The third-order valence-corrected chi connectivity index (χ3v) is 3.73. The number of aryl methyl sites for hydroxylation is 1. The molecule has 22 heavy (non-hydrogen) atoms. The molecule has 0 aliphatic carbocycles. The largest absolute Gasteiger partial charge is 0.490 e. The van der Waals surface area contributed by atoms with Gasteiger partial charge in [-0.25, -0.2) is 5.43 Å². The minimum absolute atomic E-state index is 0.120. The van der Waals surface area contributed by atoms with Gasteiger partial charge >= 0.3 is 0 Å². The van der Waals surface area contributed by atoms with Crippen molar-refractivity contribution in [1.82, 2.24) is 5.43 Å². The van der Waals surface area contributed by atoms with E-state index >= 15 is 0 Å². The molecular weight excluding hydrogens is 300 g/mol. The molecule has 5 nitrogen and oxygen atoms in total. The first-order chi connectivity index (χ1) is 10.7. The van der Waals surface area contributed by atoms with E-state index in [0.717, 1.165) is 10.4 Å². The molecule has 2 aromatic rings. The number of thiophene rings is 1. The quantitative estimate of drug-likeness (QED) is 0.630. The Kier molecular flexibility index (Phi) is 5.97. The third-order valence-electron chi connectivity index (χ3n) is 2.78. The Hall–Kier alpha value is -2.34. The first-order valence-electron chi connectivity index (χ1n) is 6.91. The molecule has 0 atom stereocenters. The average molecular weight is 318 g/mol. The predicted molar refractivity (Wildman–Crippen MR) is 87.9 cm³/mol. The number of nitrogens with zero attached hydrogens (tertiary/aromatic N) is 1. The molecule has 0 aliphatic rings.